The van der Waals surface area contributed by atoms with E-state index in [1.165, 1.54) is 11.6 Å². The van der Waals surface area contributed by atoms with Gasteiger partial charge in [0.1, 0.15) is 31.0 Å². The first-order chi connectivity index (χ1) is 12.1. The molecule has 0 heterocycles. The molecule has 7 heteroatoms. The molecule has 0 aliphatic heterocycles. The summed E-state index contributed by atoms with van der Waals surface area (Å²) in [5.74, 6) is 0.0398. The van der Waals surface area contributed by atoms with Crippen molar-refractivity contribution in [2.45, 2.75) is 130 Å². The molecular weight excluding hydrogens is 556 g/mol. The Morgan fingerprint density at radius 3 is 0.828 bits per heavy atom. The average molecular weight is 610 g/mol. The van der Waals surface area contributed by atoms with Crippen LogP contribution in [0.4, 0.5) is 0 Å². The van der Waals surface area contributed by atoms with Gasteiger partial charge in [-0.2, -0.15) is 0 Å². The highest BCUT2D eigenvalue weighted by atomic mass is 79.9. The third-order valence-corrected chi connectivity index (χ3v) is 47.2. The monoisotopic (exact) mass is 607 g/mol. The van der Waals surface area contributed by atoms with Crippen molar-refractivity contribution in [1.82, 2.24) is 4.65 Å². The van der Waals surface area contributed by atoms with E-state index in [-0.39, 0.29) is 0 Å². The van der Waals surface area contributed by atoms with Gasteiger partial charge in [-0.15, -0.1) is 0 Å². The molecule has 0 aliphatic carbocycles. The van der Waals surface area contributed by atoms with Gasteiger partial charge in [-0.25, -0.2) is 0 Å². The lowest BCUT2D eigenvalue weighted by Crippen LogP contribution is -2.64. The normalized spacial score (nSPS) is 16.3. The Bertz CT molecular complexity index is 487. The van der Waals surface area contributed by atoms with E-state index in [1.54, 1.807) is 0 Å². The van der Waals surface area contributed by atoms with Gasteiger partial charge < -0.3 is 4.65 Å². The Morgan fingerprint density at radius 2 is 0.690 bits per heavy atom. The molecule has 1 N–H and O–H groups in total. The molecule has 176 valence electrons. The van der Waals surface area contributed by atoms with Gasteiger partial charge >= 0.3 is 0 Å². The second-order valence-corrected chi connectivity index (χ2v) is 40.9. The molecule has 0 aromatic heterocycles. The van der Waals surface area contributed by atoms with Gasteiger partial charge in [0.15, 0.2) is 16.5 Å². The first kappa shape index (κ1) is 31.2. The lowest BCUT2D eigenvalue weighted by atomic mass is 10.2. The number of hydrogen-bond donors (Lipinski definition) is 1. The summed E-state index contributed by atoms with van der Waals surface area (Å²) < 4.78 is 4.41. The van der Waals surface area contributed by atoms with Crippen molar-refractivity contribution in [3.05, 3.63) is 0 Å². The van der Waals surface area contributed by atoms with E-state index in [4.69, 9.17) is 0 Å². The molecule has 0 saturated heterocycles. The van der Waals surface area contributed by atoms with Crippen LogP contribution in [-0.2, 0) is 0 Å². The molecule has 0 aliphatic rings. The van der Waals surface area contributed by atoms with Crippen LogP contribution in [0.25, 0.3) is 0 Å². The fourth-order valence-electron chi connectivity index (χ4n) is 5.05. The highest BCUT2D eigenvalue weighted by molar-refractivity contribution is 9.42. The molecule has 1 nitrogen and oxygen atoms in total. The zero-order valence-electron chi connectivity index (χ0n) is 22.6. The van der Waals surface area contributed by atoms with Crippen molar-refractivity contribution in [3.8, 4) is 0 Å². The topological polar surface area (TPSA) is 12.0 Å². The highest BCUT2D eigenvalue weighted by Gasteiger charge is 2.62. The van der Waals surface area contributed by atoms with Crippen molar-refractivity contribution in [2.24, 2.45) is 0 Å². The van der Waals surface area contributed by atoms with Crippen LogP contribution in [0.2, 0.25) is 26.2 Å². The Labute approximate surface area is 204 Å². The number of halogens is 2. The Balaban J connectivity index is 5.93. The predicted octanol–water partition coefficient (Wildman–Crippen LogP) is 9.91. The van der Waals surface area contributed by atoms with Crippen LogP contribution in [0.3, 0.4) is 0 Å². The van der Waals surface area contributed by atoms with Crippen molar-refractivity contribution in [3.63, 3.8) is 0 Å². The largest absolute Gasteiger partial charge is 0.354 e. The van der Waals surface area contributed by atoms with Crippen molar-refractivity contribution in [2.75, 3.05) is 11.6 Å². The van der Waals surface area contributed by atoms with Gasteiger partial charge in [0.2, 0.25) is 0 Å². The lowest BCUT2D eigenvalue weighted by Gasteiger charge is -2.48. The number of hydrogen-bond acceptors (Lipinski definition) is 1. The average Bonchev–Trinajstić information content (AvgIpc) is 2.29. The van der Waals surface area contributed by atoms with Crippen LogP contribution in [0.1, 0.15) is 83.1 Å². The van der Waals surface area contributed by atoms with E-state index >= 15 is 0 Å². The molecule has 0 radical (unpaired) electrons. The summed E-state index contributed by atoms with van der Waals surface area (Å²) in [4.78, 5) is 0. The molecule has 0 rings (SSSR count). The number of rotatable bonds is 6. The van der Waals surface area contributed by atoms with Crippen LogP contribution >= 0.6 is 42.9 Å². The quantitative estimate of drug-likeness (QED) is 0.234. The number of nitrogens with one attached hydrogen (secondary N) is 1. The zero-order chi connectivity index (χ0) is 24.1. The van der Waals surface area contributed by atoms with Crippen molar-refractivity contribution in [1.29, 1.82) is 0 Å². The van der Waals surface area contributed by atoms with Gasteiger partial charge in [-0.3, -0.25) is 0 Å². The molecule has 0 fully saturated rings. The third kappa shape index (κ3) is 7.61. The van der Waals surface area contributed by atoms with Crippen molar-refractivity contribution < 1.29 is 0 Å². The van der Waals surface area contributed by atoms with Gasteiger partial charge in [0.05, 0.1) is 44.1 Å². The summed E-state index contributed by atoms with van der Waals surface area (Å²) in [7, 11) is -3.20. The van der Waals surface area contributed by atoms with Gasteiger partial charge in [0, 0.05) is 0 Å². The molecular formula is C22H53Br2NP2Si2+2. The maximum absolute atomic E-state index is 4.41. The van der Waals surface area contributed by atoms with E-state index in [0.717, 1.165) is 0 Å². The van der Waals surface area contributed by atoms with E-state index in [1.807, 2.05) is 0 Å². The van der Waals surface area contributed by atoms with Gasteiger partial charge in [-0.1, -0.05) is 26.2 Å². The maximum atomic E-state index is 4.41. The van der Waals surface area contributed by atoms with E-state index in [9.17, 15) is 0 Å². The Morgan fingerprint density at radius 1 is 0.517 bits per heavy atom. The smallest absolute Gasteiger partial charge is 0.155 e. The van der Waals surface area contributed by atoms with Crippen LogP contribution in [0.5, 0.6) is 0 Å². The summed E-state index contributed by atoms with van der Waals surface area (Å²) in [6.07, 6.45) is 0. The molecule has 0 aromatic carbocycles. The van der Waals surface area contributed by atoms with Crippen LogP contribution < -0.4 is 4.65 Å². The van der Waals surface area contributed by atoms with Crippen LogP contribution in [0.15, 0.2) is 0 Å². The van der Waals surface area contributed by atoms with E-state index in [2.05, 4.69) is 145 Å². The first-order valence-corrected chi connectivity index (χ1v) is 25.5. The second-order valence-electron chi connectivity index (χ2n) is 14.3. The molecule has 29 heavy (non-hydrogen) atoms. The minimum absolute atomic E-state index is 0.311. The zero-order valence-corrected chi connectivity index (χ0v) is 29.5. The molecule has 0 unspecified atom stereocenters. The maximum Gasteiger partial charge on any atom is 0.155 e. The lowest BCUT2D eigenvalue weighted by molar-refractivity contribution is 0.704. The second kappa shape index (κ2) is 9.11. The van der Waals surface area contributed by atoms with E-state index < -0.39 is 28.4 Å². The Kier molecular flexibility index (Phi) is 9.80. The summed E-state index contributed by atoms with van der Waals surface area (Å²) in [6, 6.07) is 0. The molecule has 0 bridgehead atoms. The summed E-state index contributed by atoms with van der Waals surface area (Å²) >= 11 is 8.83. The van der Waals surface area contributed by atoms with Crippen molar-refractivity contribution >= 4 is 59.4 Å². The third-order valence-electron chi connectivity index (χ3n) is 6.16. The summed E-state index contributed by atoms with van der Waals surface area (Å²) in [6.45, 7) is 39.7. The Hall–Kier alpha value is 2.21. The van der Waals surface area contributed by atoms with Gasteiger partial charge in [0.25, 0.3) is 0 Å². The van der Waals surface area contributed by atoms with Crippen LogP contribution in [-0.4, -0.2) is 48.7 Å². The van der Waals surface area contributed by atoms with Crippen LogP contribution in [0, 0.1) is 0 Å². The molecule has 0 spiro atoms. The molecule has 0 saturated carbocycles. The summed E-state index contributed by atoms with van der Waals surface area (Å²) in [5, 5.41) is 1.25. The standard InChI is InChI=1S/C22H53Br2NP2Si2/c1-19(2,3)26(23,20(4,5)6)17-28(13,14)25-29(15,16)18-27(24,21(7,8)9)22(10,11)12/h25H,17-18H2,1-16H3/q+2. The molecule has 0 aromatic rings. The molecule has 0 atom stereocenters. The minimum atomic E-state index is -1.60. The molecule has 0 amide bonds. The fourth-order valence-corrected chi connectivity index (χ4v) is 46.0. The predicted molar refractivity (Wildman–Crippen MR) is 159 cm³/mol. The SMILES string of the molecule is CC(C)(C)[P+](Br)(C[Si](C)(C)N[Si](C)(C)C[P+](Br)(C(C)(C)C)C(C)(C)C)C(C)(C)C. The fraction of sp³-hybridized carbons (Fsp3) is 1.00. The van der Waals surface area contributed by atoms with E-state index in [0.29, 0.717) is 20.6 Å². The summed E-state index contributed by atoms with van der Waals surface area (Å²) in [5.41, 5.74) is 0. The highest BCUT2D eigenvalue weighted by Crippen LogP contribution is 2.84. The minimum Gasteiger partial charge on any atom is -0.354 e. The van der Waals surface area contributed by atoms with Gasteiger partial charge in [-0.05, 0) is 83.1 Å². The first-order valence-electron chi connectivity index (χ1n) is 11.1.